The van der Waals surface area contributed by atoms with Crippen LogP contribution in [0.3, 0.4) is 0 Å². The molecule has 3 aliphatic heterocycles. The molecule has 1 aliphatic carbocycles. The van der Waals surface area contributed by atoms with Gasteiger partial charge >= 0.3 is 6.18 Å². The minimum absolute atomic E-state index is 0.0201. The van der Waals surface area contributed by atoms with Crippen LogP contribution in [0, 0.1) is 17.8 Å². The molecule has 46 heavy (non-hydrogen) atoms. The summed E-state index contributed by atoms with van der Waals surface area (Å²) in [5, 5.41) is 8.42. The van der Waals surface area contributed by atoms with Gasteiger partial charge in [-0.1, -0.05) is 42.4 Å². The van der Waals surface area contributed by atoms with E-state index in [1.54, 1.807) is 30.3 Å². The number of alkyl halides is 3. The summed E-state index contributed by atoms with van der Waals surface area (Å²) in [6, 6.07) is 10.1. The molecular weight excluding hydrogens is 593 g/mol. The SMILES string of the molecule is C=C1CC(c2cccc(N3Cc4c(cc(CN5C[C@@H]6C(=C)CN(C(=O)C#CC)[C@@H]6C5)cc4C(F)(F)F)C3=O)c2)(c2nncn2C)C1. The van der Waals surface area contributed by atoms with E-state index < -0.39 is 23.1 Å². The first-order valence-electron chi connectivity index (χ1n) is 15.2. The number of amides is 2. The average molecular weight is 627 g/mol. The monoisotopic (exact) mass is 626 g/mol. The highest BCUT2D eigenvalue weighted by Crippen LogP contribution is 2.51. The van der Waals surface area contributed by atoms with Crippen LogP contribution in [-0.2, 0) is 36.5 Å². The molecule has 2 amide bonds. The lowest BCUT2D eigenvalue weighted by molar-refractivity contribution is -0.138. The van der Waals surface area contributed by atoms with Crippen LogP contribution in [0.4, 0.5) is 18.9 Å². The smallest absolute Gasteiger partial charge is 0.323 e. The van der Waals surface area contributed by atoms with Crippen molar-refractivity contribution in [1.29, 1.82) is 0 Å². The van der Waals surface area contributed by atoms with E-state index in [0.29, 0.717) is 43.7 Å². The summed E-state index contributed by atoms with van der Waals surface area (Å²) in [5.74, 6) is 5.30. The second-order valence-electron chi connectivity index (χ2n) is 12.9. The first-order chi connectivity index (χ1) is 21.9. The molecule has 3 aromatic rings. The maximum Gasteiger partial charge on any atom is 0.416 e. The summed E-state index contributed by atoms with van der Waals surface area (Å²) in [6.45, 7) is 11.4. The molecule has 1 aromatic heterocycles. The molecule has 11 heteroatoms. The highest BCUT2D eigenvalue weighted by Gasteiger charge is 2.48. The van der Waals surface area contributed by atoms with Crippen molar-refractivity contribution in [1.82, 2.24) is 24.6 Å². The number of anilines is 1. The van der Waals surface area contributed by atoms with Crippen LogP contribution in [0.15, 0.2) is 67.0 Å². The largest absolute Gasteiger partial charge is 0.416 e. The molecule has 236 valence electrons. The molecule has 0 unspecified atom stereocenters. The van der Waals surface area contributed by atoms with Crippen molar-refractivity contribution in [2.45, 2.75) is 50.5 Å². The van der Waals surface area contributed by atoms with Gasteiger partial charge in [-0.05, 0) is 66.6 Å². The molecule has 1 saturated carbocycles. The van der Waals surface area contributed by atoms with E-state index in [1.165, 1.54) is 11.0 Å². The van der Waals surface area contributed by atoms with Gasteiger partial charge in [0.15, 0.2) is 0 Å². The van der Waals surface area contributed by atoms with Crippen LogP contribution >= 0.6 is 0 Å². The van der Waals surface area contributed by atoms with Crippen LogP contribution in [0.5, 0.6) is 0 Å². The molecule has 2 aromatic carbocycles. The van der Waals surface area contributed by atoms with Gasteiger partial charge in [0.05, 0.1) is 23.6 Å². The number of hydrogen-bond acceptors (Lipinski definition) is 5. The number of hydrogen-bond donors (Lipinski definition) is 0. The number of carbonyl (C=O) groups excluding carboxylic acids is 2. The Hall–Kier alpha value is -4.69. The Kier molecular flexibility index (Phi) is 6.97. The molecule has 4 heterocycles. The Labute approximate surface area is 265 Å². The van der Waals surface area contributed by atoms with Crippen LogP contribution in [-0.4, -0.2) is 62.1 Å². The third kappa shape index (κ3) is 4.74. The minimum atomic E-state index is -4.64. The van der Waals surface area contributed by atoms with Gasteiger partial charge in [0.2, 0.25) is 0 Å². The van der Waals surface area contributed by atoms with E-state index in [1.807, 2.05) is 34.7 Å². The van der Waals surface area contributed by atoms with Gasteiger partial charge in [-0.2, -0.15) is 13.2 Å². The van der Waals surface area contributed by atoms with Crippen molar-refractivity contribution >= 4 is 17.5 Å². The molecule has 2 saturated heterocycles. The molecule has 0 N–H and O–H groups in total. The molecule has 4 aliphatic rings. The number of likely N-dealkylation sites (tertiary alicyclic amines) is 2. The maximum atomic E-state index is 14.5. The van der Waals surface area contributed by atoms with E-state index in [0.717, 1.165) is 22.5 Å². The van der Waals surface area contributed by atoms with Crippen molar-refractivity contribution in [2.75, 3.05) is 24.5 Å². The molecule has 8 nitrogen and oxygen atoms in total. The normalized spacial score (nSPS) is 22.1. The lowest BCUT2D eigenvalue weighted by Crippen LogP contribution is -2.39. The Morgan fingerprint density at radius 1 is 1.13 bits per heavy atom. The maximum absolute atomic E-state index is 14.5. The third-order valence-electron chi connectivity index (χ3n) is 9.92. The first-order valence-corrected chi connectivity index (χ1v) is 15.2. The van der Waals surface area contributed by atoms with E-state index in [9.17, 15) is 22.8 Å². The van der Waals surface area contributed by atoms with Gasteiger partial charge in [-0.15, -0.1) is 10.2 Å². The minimum Gasteiger partial charge on any atom is -0.323 e. The number of allylic oxidation sites excluding steroid dienone is 1. The van der Waals surface area contributed by atoms with Crippen molar-refractivity contribution in [3.63, 3.8) is 0 Å². The van der Waals surface area contributed by atoms with Gasteiger partial charge in [0.1, 0.15) is 12.2 Å². The second kappa shape index (κ2) is 10.7. The third-order valence-corrected chi connectivity index (χ3v) is 9.92. The van der Waals surface area contributed by atoms with Gasteiger partial charge in [-0.25, -0.2) is 0 Å². The second-order valence-corrected chi connectivity index (χ2v) is 12.9. The van der Waals surface area contributed by atoms with Crippen molar-refractivity contribution in [3.05, 3.63) is 101 Å². The molecule has 0 bridgehead atoms. The zero-order valence-corrected chi connectivity index (χ0v) is 25.7. The summed E-state index contributed by atoms with van der Waals surface area (Å²) >= 11 is 0. The summed E-state index contributed by atoms with van der Waals surface area (Å²) in [4.78, 5) is 31.6. The number of benzene rings is 2. The van der Waals surface area contributed by atoms with Crippen molar-refractivity contribution in [3.8, 4) is 11.8 Å². The molecule has 0 spiro atoms. The van der Waals surface area contributed by atoms with E-state index in [-0.39, 0.29) is 42.1 Å². The van der Waals surface area contributed by atoms with Gasteiger partial charge < -0.3 is 14.4 Å². The summed E-state index contributed by atoms with van der Waals surface area (Å²) < 4.78 is 45.4. The number of aryl methyl sites for hydroxylation is 1. The molecule has 7 rings (SSSR count). The number of carbonyl (C=O) groups is 2. The first kappa shape index (κ1) is 30.0. The topological polar surface area (TPSA) is 74.6 Å². The number of fused-ring (bicyclic) bond motifs is 2. The fraction of sp³-hybridized carbons (Fsp3) is 0.371. The van der Waals surface area contributed by atoms with Crippen LogP contribution in [0.1, 0.15) is 58.2 Å². The lowest BCUT2D eigenvalue weighted by Gasteiger charge is -2.43. The number of aromatic nitrogens is 3. The molecule has 2 atom stereocenters. The van der Waals surface area contributed by atoms with E-state index in [2.05, 4.69) is 35.2 Å². The van der Waals surface area contributed by atoms with E-state index >= 15 is 0 Å². The van der Waals surface area contributed by atoms with Crippen molar-refractivity contribution in [2.24, 2.45) is 13.0 Å². The van der Waals surface area contributed by atoms with Crippen LogP contribution < -0.4 is 4.90 Å². The quantitative estimate of drug-likeness (QED) is 0.299. The predicted molar refractivity (Wildman–Crippen MR) is 165 cm³/mol. The predicted octanol–water partition coefficient (Wildman–Crippen LogP) is 4.85. The van der Waals surface area contributed by atoms with Crippen LogP contribution in [0.25, 0.3) is 0 Å². The van der Waals surface area contributed by atoms with Crippen LogP contribution in [0.2, 0.25) is 0 Å². The fourth-order valence-corrected chi connectivity index (χ4v) is 7.83. The van der Waals surface area contributed by atoms with Gasteiger partial charge in [-0.3, -0.25) is 14.5 Å². The Balaban J connectivity index is 1.18. The molecule has 0 radical (unpaired) electrons. The summed E-state index contributed by atoms with van der Waals surface area (Å²) in [5.41, 5.74) is 2.61. The Morgan fingerprint density at radius 3 is 2.59 bits per heavy atom. The molecular formula is C35H33F3N6O2. The highest BCUT2D eigenvalue weighted by molar-refractivity contribution is 6.10. The number of rotatable bonds is 5. The average Bonchev–Trinajstić information content (AvgIpc) is 3.76. The lowest BCUT2D eigenvalue weighted by atomic mass is 9.61. The number of halogens is 3. The number of nitrogens with zero attached hydrogens (tertiary/aromatic N) is 6. The van der Waals surface area contributed by atoms with Crippen molar-refractivity contribution < 1.29 is 22.8 Å². The highest BCUT2D eigenvalue weighted by atomic mass is 19.4. The fourth-order valence-electron chi connectivity index (χ4n) is 7.83. The van der Waals surface area contributed by atoms with Gasteiger partial charge in [0, 0.05) is 50.4 Å². The summed E-state index contributed by atoms with van der Waals surface area (Å²) in [7, 11) is 1.88. The zero-order chi connectivity index (χ0) is 32.5. The molecule has 3 fully saturated rings. The van der Waals surface area contributed by atoms with E-state index in [4.69, 9.17) is 0 Å². The summed E-state index contributed by atoms with van der Waals surface area (Å²) in [6.07, 6.45) is -1.66. The Bertz CT molecular complexity index is 1870. The zero-order valence-electron chi connectivity index (χ0n) is 25.7. The Morgan fingerprint density at radius 2 is 1.91 bits per heavy atom. The van der Waals surface area contributed by atoms with Gasteiger partial charge in [0.25, 0.3) is 11.8 Å². The standard InChI is InChI=1S/C35H33F3N6O2/c1-5-7-31(45)44-15-22(3)27-17-42(19-30(27)44)16-23-10-26-28(29(11-23)35(36,37)38)18-43(32(26)46)25-9-6-8-24(12-25)34(13-21(2)14-34)33-40-39-20-41(33)4/h6,8-12,20,27,30H,2-3,13-19H2,1,4H3/t27-,30-/m1/s1.